The minimum absolute atomic E-state index is 0.451. The van der Waals surface area contributed by atoms with Crippen molar-refractivity contribution >= 4 is 5.78 Å². The van der Waals surface area contributed by atoms with Gasteiger partial charge in [0.15, 0.2) is 0 Å². The van der Waals surface area contributed by atoms with Crippen molar-refractivity contribution in [3.63, 3.8) is 0 Å². The van der Waals surface area contributed by atoms with Crippen LogP contribution in [0.25, 0.3) is 0 Å². The van der Waals surface area contributed by atoms with E-state index in [2.05, 4.69) is 10.2 Å². The first-order valence-electron chi connectivity index (χ1n) is 6.32. The molecule has 0 atom stereocenters. The maximum atomic E-state index is 11.1. The Hall–Kier alpha value is -0.410. The largest absolute Gasteiger partial charge is 0.313 e. The average molecular weight is 210 g/mol. The van der Waals surface area contributed by atoms with Gasteiger partial charge in [-0.25, -0.2) is 0 Å². The molecule has 0 aromatic heterocycles. The third-order valence-electron chi connectivity index (χ3n) is 3.60. The predicted molar refractivity (Wildman–Crippen MR) is 60.9 cm³/mol. The summed E-state index contributed by atoms with van der Waals surface area (Å²) < 4.78 is 0. The quantitative estimate of drug-likeness (QED) is 0.756. The van der Waals surface area contributed by atoms with E-state index >= 15 is 0 Å². The van der Waals surface area contributed by atoms with Crippen LogP contribution in [-0.2, 0) is 4.79 Å². The molecule has 3 nitrogen and oxygen atoms in total. The molecule has 0 radical (unpaired) electrons. The van der Waals surface area contributed by atoms with Gasteiger partial charge in [-0.1, -0.05) is 0 Å². The highest BCUT2D eigenvalue weighted by molar-refractivity contribution is 5.79. The zero-order valence-corrected chi connectivity index (χ0v) is 9.50. The molecule has 1 N–H and O–H groups in total. The molecule has 2 fully saturated rings. The van der Waals surface area contributed by atoms with Crippen LogP contribution < -0.4 is 5.32 Å². The summed E-state index contributed by atoms with van der Waals surface area (Å²) in [5.41, 5.74) is 0. The molecule has 86 valence electrons. The fraction of sp³-hybridized carbons (Fsp3) is 0.917. The Balaban J connectivity index is 1.55. The molecule has 0 amide bonds. The van der Waals surface area contributed by atoms with Crippen molar-refractivity contribution in [3.8, 4) is 0 Å². The number of nitrogens with zero attached hydrogens (tertiary/aromatic N) is 1. The molecule has 0 bridgehead atoms. The van der Waals surface area contributed by atoms with E-state index in [1.165, 1.54) is 32.5 Å². The number of hydrogen-bond donors (Lipinski definition) is 1. The SMILES string of the molecule is O=C1CCC(NCCN2CCCC2)CC1. The van der Waals surface area contributed by atoms with Crippen LogP contribution in [0.2, 0.25) is 0 Å². The topological polar surface area (TPSA) is 32.3 Å². The highest BCUT2D eigenvalue weighted by Gasteiger charge is 2.18. The summed E-state index contributed by atoms with van der Waals surface area (Å²) in [4.78, 5) is 13.6. The molecule has 0 unspecified atom stereocenters. The lowest BCUT2D eigenvalue weighted by molar-refractivity contribution is -0.120. The van der Waals surface area contributed by atoms with Crippen LogP contribution in [0.3, 0.4) is 0 Å². The van der Waals surface area contributed by atoms with Gasteiger partial charge < -0.3 is 10.2 Å². The number of ketones is 1. The van der Waals surface area contributed by atoms with Crippen molar-refractivity contribution in [2.75, 3.05) is 26.2 Å². The Kier molecular flexibility index (Phi) is 4.15. The summed E-state index contributed by atoms with van der Waals surface area (Å²) >= 11 is 0. The molecule has 15 heavy (non-hydrogen) atoms. The lowest BCUT2D eigenvalue weighted by atomic mass is 9.94. The van der Waals surface area contributed by atoms with Crippen molar-refractivity contribution in [2.24, 2.45) is 0 Å². The number of likely N-dealkylation sites (tertiary alicyclic amines) is 1. The number of carbonyl (C=O) groups is 1. The fourth-order valence-electron chi connectivity index (χ4n) is 2.58. The van der Waals surface area contributed by atoms with Crippen molar-refractivity contribution in [1.29, 1.82) is 0 Å². The predicted octanol–water partition coefficient (Wildman–Crippen LogP) is 1.18. The van der Waals surface area contributed by atoms with Crippen LogP contribution in [0.1, 0.15) is 38.5 Å². The first-order valence-corrected chi connectivity index (χ1v) is 6.32. The van der Waals surface area contributed by atoms with Crippen LogP contribution >= 0.6 is 0 Å². The van der Waals surface area contributed by atoms with Crippen molar-refractivity contribution in [1.82, 2.24) is 10.2 Å². The van der Waals surface area contributed by atoms with Gasteiger partial charge in [-0.3, -0.25) is 4.79 Å². The Morgan fingerprint density at radius 2 is 1.87 bits per heavy atom. The summed E-state index contributed by atoms with van der Waals surface area (Å²) in [6.45, 7) is 4.85. The zero-order chi connectivity index (χ0) is 10.5. The molecule has 1 aliphatic carbocycles. The van der Waals surface area contributed by atoms with Gasteiger partial charge in [-0.15, -0.1) is 0 Å². The van der Waals surface area contributed by atoms with Crippen molar-refractivity contribution in [2.45, 2.75) is 44.6 Å². The van der Waals surface area contributed by atoms with E-state index in [0.29, 0.717) is 11.8 Å². The van der Waals surface area contributed by atoms with Gasteiger partial charge in [0.1, 0.15) is 5.78 Å². The second-order valence-electron chi connectivity index (χ2n) is 4.82. The monoisotopic (exact) mass is 210 g/mol. The Labute approximate surface area is 92.2 Å². The van der Waals surface area contributed by atoms with Crippen LogP contribution in [0.4, 0.5) is 0 Å². The van der Waals surface area contributed by atoms with Gasteiger partial charge in [0, 0.05) is 32.0 Å². The summed E-state index contributed by atoms with van der Waals surface area (Å²) in [5.74, 6) is 0.451. The van der Waals surface area contributed by atoms with Crippen LogP contribution in [0.5, 0.6) is 0 Å². The van der Waals surface area contributed by atoms with Crippen LogP contribution in [-0.4, -0.2) is 42.9 Å². The second-order valence-corrected chi connectivity index (χ2v) is 4.82. The van der Waals surface area contributed by atoms with Gasteiger partial charge in [0.05, 0.1) is 0 Å². The number of carbonyl (C=O) groups excluding carboxylic acids is 1. The smallest absolute Gasteiger partial charge is 0.133 e. The molecule has 1 aliphatic heterocycles. The Morgan fingerprint density at radius 1 is 1.20 bits per heavy atom. The van der Waals surface area contributed by atoms with Gasteiger partial charge in [0.25, 0.3) is 0 Å². The first-order chi connectivity index (χ1) is 7.34. The standard InChI is InChI=1S/C12H22N2O/c15-12-5-3-11(4-6-12)13-7-10-14-8-1-2-9-14/h11,13H,1-10H2. The van der Waals surface area contributed by atoms with E-state index in [4.69, 9.17) is 0 Å². The average Bonchev–Trinajstić information content (AvgIpc) is 2.74. The Morgan fingerprint density at radius 3 is 2.53 bits per heavy atom. The molecule has 1 saturated carbocycles. The maximum Gasteiger partial charge on any atom is 0.133 e. The minimum atomic E-state index is 0.451. The molecule has 0 aromatic carbocycles. The summed E-state index contributed by atoms with van der Waals surface area (Å²) in [6.07, 6.45) is 6.44. The molecule has 0 aromatic rings. The van der Waals surface area contributed by atoms with E-state index in [0.717, 1.165) is 32.2 Å². The lowest BCUT2D eigenvalue weighted by Gasteiger charge is -2.23. The molecule has 1 heterocycles. The van der Waals surface area contributed by atoms with E-state index < -0.39 is 0 Å². The third-order valence-corrected chi connectivity index (χ3v) is 3.60. The fourth-order valence-corrected chi connectivity index (χ4v) is 2.58. The highest BCUT2D eigenvalue weighted by Crippen LogP contribution is 2.14. The lowest BCUT2D eigenvalue weighted by Crippen LogP contribution is -2.38. The summed E-state index contributed by atoms with van der Waals surface area (Å²) in [5, 5.41) is 3.58. The van der Waals surface area contributed by atoms with Crippen LogP contribution in [0.15, 0.2) is 0 Å². The second kappa shape index (κ2) is 5.61. The minimum Gasteiger partial charge on any atom is -0.313 e. The van der Waals surface area contributed by atoms with E-state index in [1.54, 1.807) is 0 Å². The highest BCUT2D eigenvalue weighted by atomic mass is 16.1. The van der Waals surface area contributed by atoms with E-state index in [1.807, 2.05) is 0 Å². The van der Waals surface area contributed by atoms with Gasteiger partial charge in [-0.05, 0) is 38.8 Å². The first kappa shape index (κ1) is 11.1. The number of Topliss-reactive ketones (excluding diaryl/α,β-unsaturated/α-hetero) is 1. The molecular weight excluding hydrogens is 188 g/mol. The van der Waals surface area contributed by atoms with Gasteiger partial charge in [-0.2, -0.15) is 0 Å². The number of nitrogens with one attached hydrogen (secondary N) is 1. The Bertz CT molecular complexity index is 202. The van der Waals surface area contributed by atoms with Crippen LogP contribution in [0, 0.1) is 0 Å². The zero-order valence-electron chi connectivity index (χ0n) is 9.50. The normalized spacial score (nSPS) is 24.9. The van der Waals surface area contributed by atoms with Gasteiger partial charge in [0.2, 0.25) is 0 Å². The molecule has 1 saturated heterocycles. The molecule has 2 aliphatic rings. The van der Waals surface area contributed by atoms with Gasteiger partial charge >= 0.3 is 0 Å². The summed E-state index contributed by atoms with van der Waals surface area (Å²) in [7, 11) is 0. The summed E-state index contributed by atoms with van der Waals surface area (Å²) in [6, 6.07) is 0.602. The number of hydrogen-bond acceptors (Lipinski definition) is 3. The molecular formula is C12H22N2O. The third kappa shape index (κ3) is 3.58. The van der Waals surface area contributed by atoms with E-state index in [-0.39, 0.29) is 0 Å². The van der Waals surface area contributed by atoms with E-state index in [9.17, 15) is 4.79 Å². The molecule has 0 spiro atoms. The van der Waals surface area contributed by atoms with Crippen molar-refractivity contribution in [3.05, 3.63) is 0 Å². The number of rotatable bonds is 4. The maximum absolute atomic E-state index is 11.1. The molecule has 2 rings (SSSR count). The molecule has 3 heteroatoms. The van der Waals surface area contributed by atoms with Crippen molar-refractivity contribution < 1.29 is 4.79 Å².